The molecular weight excluding hydrogens is 220 g/mol. The summed E-state index contributed by atoms with van der Waals surface area (Å²) in [5.74, 6) is 0. The van der Waals surface area contributed by atoms with Crippen LogP contribution in [0.1, 0.15) is 11.1 Å². The van der Waals surface area contributed by atoms with E-state index in [9.17, 15) is 0 Å². The van der Waals surface area contributed by atoms with Gasteiger partial charge in [-0.1, -0.05) is 30.3 Å². The van der Waals surface area contributed by atoms with Gasteiger partial charge >= 0.3 is 0 Å². The molecule has 1 aliphatic heterocycles. The van der Waals surface area contributed by atoms with Crippen molar-refractivity contribution in [3.8, 4) is 0 Å². The molecule has 1 saturated heterocycles. The minimum absolute atomic E-state index is 0.825. The number of aryl methyl sites for hydroxylation is 1. The fraction of sp³-hybridized carbons (Fsp3) is 0.385. The number of nitrogens with zero attached hydrogens (tertiary/aromatic N) is 1. The highest BCUT2D eigenvalue weighted by molar-refractivity contribution is 6.33. The molecule has 86 valence electrons. The van der Waals surface area contributed by atoms with Crippen molar-refractivity contribution in [2.45, 2.75) is 6.92 Å². The zero-order valence-corrected chi connectivity index (χ0v) is 10.3. The number of rotatable bonds is 2. The molecule has 1 aromatic rings. The van der Waals surface area contributed by atoms with E-state index in [4.69, 9.17) is 11.6 Å². The first-order chi connectivity index (χ1) is 7.74. The van der Waals surface area contributed by atoms with Gasteiger partial charge in [0.2, 0.25) is 0 Å². The Labute approximate surface area is 102 Å². The summed E-state index contributed by atoms with van der Waals surface area (Å²) >= 11 is 6.30. The van der Waals surface area contributed by atoms with Gasteiger partial charge in [-0.2, -0.15) is 0 Å². The van der Waals surface area contributed by atoms with Crippen molar-refractivity contribution in [1.29, 1.82) is 0 Å². The lowest BCUT2D eigenvalue weighted by atomic mass is 10.1. The first-order valence-electron chi connectivity index (χ1n) is 5.61. The molecule has 1 aromatic carbocycles. The molecule has 1 heterocycles. The maximum absolute atomic E-state index is 6.30. The highest BCUT2D eigenvalue weighted by Crippen LogP contribution is 2.31. The normalized spacial score (nSPS) is 16.2. The van der Waals surface area contributed by atoms with Crippen molar-refractivity contribution in [1.82, 2.24) is 5.32 Å². The van der Waals surface area contributed by atoms with Crippen LogP contribution < -0.4 is 10.2 Å². The van der Waals surface area contributed by atoms with Crippen LogP contribution in [0.15, 0.2) is 18.7 Å². The largest absolute Gasteiger partial charge is 0.368 e. The van der Waals surface area contributed by atoms with E-state index in [1.165, 1.54) is 5.69 Å². The average molecular weight is 237 g/mol. The van der Waals surface area contributed by atoms with E-state index in [0.717, 1.165) is 42.3 Å². The number of piperazine rings is 1. The molecule has 0 atom stereocenters. The van der Waals surface area contributed by atoms with E-state index in [-0.39, 0.29) is 0 Å². The van der Waals surface area contributed by atoms with E-state index in [2.05, 4.69) is 28.9 Å². The monoisotopic (exact) mass is 236 g/mol. The Kier molecular flexibility index (Phi) is 3.52. The summed E-state index contributed by atoms with van der Waals surface area (Å²) in [6.07, 6.45) is 1.85. The lowest BCUT2D eigenvalue weighted by Gasteiger charge is -2.31. The van der Waals surface area contributed by atoms with Crippen molar-refractivity contribution in [3.63, 3.8) is 0 Å². The summed E-state index contributed by atoms with van der Waals surface area (Å²) in [4.78, 5) is 2.36. The quantitative estimate of drug-likeness (QED) is 0.850. The number of halogens is 1. The zero-order chi connectivity index (χ0) is 11.5. The summed E-state index contributed by atoms with van der Waals surface area (Å²) in [6.45, 7) is 10.0. The standard InChI is InChI=1S/C13H17ClN2/c1-3-11-12(5-4-10(2)13(11)14)16-8-6-15-7-9-16/h3-5,15H,1,6-9H2,2H3. The van der Waals surface area contributed by atoms with Crippen LogP contribution in [0.4, 0.5) is 5.69 Å². The van der Waals surface area contributed by atoms with Gasteiger partial charge in [0.15, 0.2) is 0 Å². The molecule has 0 spiro atoms. The number of hydrogen-bond acceptors (Lipinski definition) is 2. The summed E-state index contributed by atoms with van der Waals surface area (Å²) in [5, 5.41) is 4.17. The topological polar surface area (TPSA) is 15.3 Å². The van der Waals surface area contributed by atoms with E-state index >= 15 is 0 Å². The number of benzene rings is 1. The van der Waals surface area contributed by atoms with Crippen LogP contribution in [0, 0.1) is 6.92 Å². The van der Waals surface area contributed by atoms with Crippen molar-refractivity contribution in [2.75, 3.05) is 31.1 Å². The summed E-state index contributed by atoms with van der Waals surface area (Å²) in [5.41, 5.74) is 3.37. The van der Waals surface area contributed by atoms with Crippen LogP contribution in [0.3, 0.4) is 0 Å². The van der Waals surface area contributed by atoms with E-state index in [1.807, 2.05) is 13.0 Å². The lowest BCUT2D eigenvalue weighted by Crippen LogP contribution is -2.43. The minimum Gasteiger partial charge on any atom is -0.368 e. The Balaban J connectivity index is 2.39. The Morgan fingerprint density at radius 2 is 2.06 bits per heavy atom. The first kappa shape index (κ1) is 11.5. The van der Waals surface area contributed by atoms with Gasteiger partial charge in [0.25, 0.3) is 0 Å². The van der Waals surface area contributed by atoms with Crippen molar-refractivity contribution in [2.24, 2.45) is 0 Å². The summed E-state index contributed by atoms with van der Waals surface area (Å²) in [7, 11) is 0. The van der Waals surface area contributed by atoms with Crippen LogP contribution in [-0.4, -0.2) is 26.2 Å². The molecule has 1 N–H and O–H groups in total. The maximum Gasteiger partial charge on any atom is 0.0528 e. The van der Waals surface area contributed by atoms with Crippen LogP contribution in [0.2, 0.25) is 5.02 Å². The minimum atomic E-state index is 0.825. The molecule has 16 heavy (non-hydrogen) atoms. The molecule has 0 aromatic heterocycles. The fourth-order valence-corrected chi connectivity index (χ4v) is 2.30. The second-order valence-electron chi connectivity index (χ2n) is 4.07. The molecule has 0 saturated carbocycles. The predicted octanol–water partition coefficient (Wildman–Crippen LogP) is 2.70. The van der Waals surface area contributed by atoms with E-state index < -0.39 is 0 Å². The smallest absolute Gasteiger partial charge is 0.0528 e. The highest BCUT2D eigenvalue weighted by atomic mass is 35.5. The van der Waals surface area contributed by atoms with Gasteiger partial charge in [0.1, 0.15) is 0 Å². The average Bonchev–Trinajstić information content (AvgIpc) is 2.33. The molecule has 0 aliphatic carbocycles. The van der Waals surface area contributed by atoms with E-state index in [0.29, 0.717) is 0 Å². The van der Waals surface area contributed by atoms with Crippen LogP contribution in [0.25, 0.3) is 6.08 Å². The highest BCUT2D eigenvalue weighted by Gasteiger charge is 2.15. The molecule has 0 bridgehead atoms. The van der Waals surface area contributed by atoms with Gasteiger partial charge in [-0.3, -0.25) is 0 Å². The molecule has 0 unspecified atom stereocenters. The Morgan fingerprint density at radius 3 is 2.69 bits per heavy atom. The third-order valence-corrected chi connectivity index (χ3v) is 3.51. The molecular formula is C13H17ClN2. The molecule has 1 fully saturated rings. The number of anilines is 1. The number of nitrogens with one attached hydrogen (secondary N) is 1. The SMILES string of the molecule is C=Cc1c(N2CCNCC2)ccc(C)c1Cl. The predicted molar refractivity (Wildman–Crippen MR) is 71.4 cm³/mol. The Hall–Kier alpha value is -0.990. The second kappa shape index (κ2) is 4.89. The van der Waals surface area contributed by atoms with Crippen molar-refractivity contribution >= 4 is 23.4 Å². The maximum atomic E-state index is 6.30. The summed E-state index contributed by atoms with van der Waals surface area (Å²) < 4.78 is 0. The van der Waals surface area contributed by atoms with Gasteiger partial charge in [-0.05, 0) is 18.6 Å². The summed E-state index contributed by atoms with van der Waals surface area (Å²) in [6, 6.07) is 4.22. The first-order valence-corrected chi connectivity index (χ1v) is 5.99. The molecule has 1 aliphatic rings. The van der Waals surface area contributed by atoms with Gasteiger partial charge in [-0.15, -0.1) is 0 Å². The number of hydrogen-bond donors (Lipinski definition) is 1. The van der Waals surface area contributed by atoms with Gasteiger partial charge in [0.05, 0.1) is 5.02 Å². The third kappa shape index (κ3) is 2.08. The Morgan fingerprint density at radius 1 is 1.38 bits per heavy atom. The van der Waals surface area contributed by atoms with Crippen LogP contribution in [0.5, 0.6) is 0 Å². The molecule has 2 rings (SSSR count). The van der Waals surface area contributed by atoms with Gasteiger partial charge in [0, 0.05) is 37.4 Å². The second-order valence-corrected chi connectivity index (χ2v) is 4.45. The van der Waals surface area contributed by atoms with E-state index in [1.54, 1.807) is 0 Å². The van der Waals surface area contributed by atoms with Crippen molar-refractivity contribution < 1.29 is 0 Å². The molecule has 2 nitrogen and oxygen atoms in total. The van der Waals surface area contributed by atoms with Gasteiger partial charge < -0.3 is 10.2 Å². The molecule has 0 radical (unpaired) electrons. The molecule has 3 heteroatoms. The van der Waals surface area contributed by atoms with Gasteiger partial charge in [-0.25, -0.2) is 0 Å². The zero-order valence-electron chi connectivity index (χ0n) is 9.59. The Bertz CT molecular complexity index is 395. The third-order valence-electron chi connectivity index (χ3n) is 3.01. The lowest BCUT2D eigenvalue weighted by molar-refractivity contribution is 0.589. The van der Waals surface area contributed by atoms with Crippen molar-refractivity contribution in [3.05, 3.63) is 34.9 Å². The fourth-order valence-electron chi connectivity index (χ4n) is 2.07. The molecule has 0 amide bonds. The van der Waals surface area contributed by atoms with Crippen LogP contribution in [-0.2, 0) is 0 Å². The van der Waals surface area contributed by atoms with Crippen LogP contribution >= 0.6 is 11.6 Å².